The average Bonchev–Trinajstić information content (AvgIpc) is 2.97. The lowest BCUT2D eigenvalue weighted by Crippen LogP contribution is -2.29. The van der Waals surface area contributed by atoms with Crippen LogP contribution in [0.2, 0.25) is 0 Å². The van der Waals surface area contributed by atoms with E-state index >= 15 is 0 Å². The normalized spacial score (nSPS) is 11.0. The molecule has 0 saturated carbocycles. The Hall–Kier alpha value is -3.20. The number of nitriles is 1. The Labute approximate surface area is 166 Å². The van der Waals surface area contributed by atoms with Crippen molar-refractivity contribution in [1.82, 2.24) is 9.88 Å². The lowest BCUT2D eigenvalue weighted by atomic mass is 10.1. The molecule has 1 heterocycles. The van der Waals surface area contributed by atoms with Crippen molar-refractivity contribution in [2.75, 3.05) is 20.3 Å². The summed E-state index contributed by atoms with van der Waals surface area (Å²) in [6.07, 6.45) is 2.67. The molecule has 0 aliphatic heterocycles. The van der Waals surface area contributed by atoms with Gasteiger partial charge in [-0.05, 0) is 62.2 Å². The van der Waals surface area contributed by atoms with Crippen LogP contribution in [-0.4, -0.2) is 30.7 Å². The molecule has 0 aliphatic rings. The lowest BCUT2D eigenvalue weighted by molar-refractivity contribution is -0.117. The summed E-state index contributed by atoms with van der Waals surface area (Å²) >= 11 is 0. The fourth-order valence-corrected chi connectivity index (χ4v) is 2.95. The van der Waals surface area contributed by atoms with Crippen LogP contribution in [0.25, 0.3) is 6.08 Å². The minimum absolute atomic E-state index is 0.0844. The van der Waals surface area contributed by atoms with Crippen molar-refractivity contribution >= 4 is 12.0 Å². The first kappa shape index (κ1) is 21.1. The maximum absolute atomic E-state index is 12.3. The molecular formula is C22H27N3O3. The zero-order chi connectivity index (χ0) is 20.5. The van der Waals surface area contributed by atoms with Gasteiger partial charge in [-0.1, -0.05) is 6.92 Å². The van der Waals surface area contributed by atoms with Crippen LogP contribution in [0.1, 0.15) is 30.3 Å². The van der Waals surface area contributed by atoms with Crippen molar-refractivity contribution < 1.29 is 14.3 Å². The number of benzene rings is 1. The third-order valence-corrected chi connectivity index (χ3v) is 4.44. The summed E-state index contributed by atoms with van der Waals surface area (Å²) < 4.78 is 12.9. The molecule has 1 aromatic carbocycles. The summed E-state index contributed by atoms with van der Waals surface area (Å²) in [5.41, 5.74) is 3.16. The third kappa shape index (κ3) is 5.40. The Bertz CT molecular complexity index is 874. The topological polar surface area (TPSA) is 76.3 Å². The Morgan fingerprint density at radius 3 is 2.54 bits per heavy atom. The molecule has 0 fully saturated rings. The first-order valence-corrected chi connectivity index (χ1v) is 9.33. The van der Waals surface area contributed by atoms with E-state index in [2.05, 4.69) is 16.8 Å². The van der Waals surface area contributed by atoms with Crippen LogP contribution < -0.4 is 14.8 Å². The Morgan fingerprint density at radius 1 is 1.25 bits per heavy atom. The Morgan fingerprint density at radius 2 is 1.93 bits per heavy atom. The number of aromatic nitrogens is 1. The number of carbonyl (C=O) groups excluding carboxylic acids is 1. The smallest absolute Gasteiger partial charge is 0.262 e. The average molecular weight is 381 g/mol. The predicted molar refractivity (Wildman–Crippen MR) is 109 cm³/mol. The molecule has 2 rings (SSSR count). The van der Waals surface area contributed by atoms with E-state index in [9.17, 15) is 10.1 Å². The molecule has 6 heteroatoms. The van der Waals surface area contributed by atoms with Crippen LogP contribution in [0.5, 0.6) is 11.5 Å². The molecule has 0 aliphatic carbocycles. The highest BCUT2D eigenvalue weighted by Crippen LogP contribution is 2.19. The summed E-state index contributed by atoms with van der Waals surface area (Å²) in [5.74, 6) is 1.04. The molecule has 0 atom stereocenters. The number of nitrogens with one attached hydrogen (secondary N) is 1. The number of ether oxygens (including phenoxy) is 2. The van der Waals surface area contributed by atoms with Crippen molar-refractivity contribution in [3.8, 4) is 17.6 Å². The molecule has 28 heavy (non-hydrogen) atoms. The van der Waals surface area contributed by atoms with Gasteiger partial charge < -0.3 is 19.4 Å². The zero-order valence-electron chi connectivity index (χ0n) is 16.9. The zero-order valence-corrected chi connectivity index (χ0v) is 16.9. The highest BCUT2D eigenvalue weighted by atomic mass is 16.5. The van der Waals surface area contributed by atoms with E-state index in [1.807, 2.05) is 26.0 Å². The van der Waals surface area contributed by atoms with Gasteiger partial charge in [-0.15, -0.1) is 0 Å². The highest BCUT2D eigenvalue weighted by molar-refractivity contribution is 6.01. The summed E-state index contributed by atoms with van der Waals surface area (Å²) in [6, 6.07) is 11.2. The standard InChI is InChI=1S/C22H27N3O3/c1-5-11-25-16(2)13-18(17(25)3)14-19(15-23)22(26)24-10-12-28-21-8-6-20(27-4)7-9-21/h6-9,13-14H,5,10-12H2,1-4H3,(H,24,26)/b19-14+. The number of methoxy groups -OCH3 is 1. The number of amides is 1. The van der Waals surface area contributed by atoms with E-state index in [0.717, 1.165) is 35.7 Å². The Kier molecular flexibility index (Phi) is 7.70. The van der Waals surface area contributed by atoms with Gasteiger partial charge in [0.05, 0.1) is 13.7 Å². The first-order valence-electron chi connectivity index (χ1n) is 9.33. The van der Waals surface area contributed by atoms with Crippen LogP contribution in [0, 0.1) is 25.2 Å². The second-order valence-electron chi connectivity index (χ2n) is 6.43. The molecule has 0 radical (unpaired) electrons. The summed E-state index contributed by atoms with van der Waals surface area (Å²) in [6.45, 7) is 7.69. The van der Waals surface area contributed by atoms with Gasteiger partial charge in [-0.3, -0.25) is 4.79 Å². The number of hydrogen-bond acceptors (Lipinski definition) is 4. The van der Waals surface area contributed by atoms with Crippen LogP contribution in [0.4, 0.5) is 0 Å². The van der Waals surface area contributed by atoms with Gasteiger partial charge in [0.25, 0.3) is 5.91 Å². The number of carbonyl (C=O) groups is 1. The second kappa shape index (κ2) is 10.2. The van der Waals surface area contributed by atoms with Gasteiger partial charge in [0.15, 0.2) is 0 Å². The number of aryl methyl sites for hydroxylation is 1. The monoisotopic (exact) mass is 381 g/mol. The molecular weight excluding hydrogens is 354 g/mol. The van der Waals surface area contributed by atoms with Crippen LogP contribution in [0.3, 0.4) is 0 Å². The SMILES string of the molecule is CCCn1c(C)cc(/C=C(\C#N)C(=O)NCCOc2ccc(OC)cc2)c1C. The molecule has 148 valence electrons. The van der Waals surface area contributed by atoms with Crippen LogP contribution >= 0.6 is 0 Å². The first-order chi connectivity index (χ1) is 13.5. The molecule has 1 amide bonds. The van der Waals surface area contributed by atoms with Crippen molar-refractivity contribution in [1.29, 1.82) is 5.26 Å². The van der Waals surface area contributed by atoms with Gasteiger partial charge >= 0.3 is 0 Å². The lowest BCUT2D eigenvalue weighted by Gasteiger charge is -2.08. The fraction of sp³-hybridized carbons (Fsp3) is 0.364. The van der Waals surface area contributed by atoms with Crippen molar-refractivity contribution in [3.05, 3.63) is 52.9 Å². The number of rotatable bonds is 9. The van der Waals surface area contributed by atoms with E-state index in [1.165, 1.54) is 0 Å². The molecule has 1 aromatic heterocycles. The van der Waals surface area contributed by atoms with Crippen LogP contribution in [0.15, 0.2) is 35.9 Å². The summed E-state index contributed by atoms with van der Waals surface area (Å²) in [4.78, 5) is 12.3. The fourth-order valence-electron chi connectivity index (χ4n) is 2.95. The molecule has 6 nitrogen and oxygen atoms in total. The maximum Gasteiger partial charge on any atom is 0.262 e. The van der Waals surface area contributed by atoms with Gasteiger partial charge in [0, 0.05) is 17.9 Å². The van der Waals surface area contributed by atoms with Gasteiger partial charge in [-0.25, -0.2) is 0 Å². The Balaban J connectivity index is 1.93. The van der Waals surface area contributed by atoms with Crippen molar-refractivity contribution in [3.63, 3.8) is 0 Å². The third-order valence-electron chi connectivity index (χ3n) is 4.44. The van der Waals surface area contributed by atoms with E-state index in [1.54, 1.807) is 37.5 Å². The molecule has 1 N–H and O–H groups in total. The van der Waals surface area contributed by atoms with Crippen molar-refractivity contribution in [2.24, 2.45) is 0 Å². The van der Waals surface area contributed by atoms with Gasteiger partial charge in [0.2, 0.25) is 0 Å². The maximum atomic E-state index is 12.3. The van der Waals surface area contributed by atoms with E-state index in [0.29, 0.717) is 18.9 Å². The number of hydrogen-bond donors (Lipinski definition) is 1. The largest absolute Gasteiger partial charge is 0.497 e. The number of nitrogens with zero attached hydrogens (tertiary/aromatic N) is 2. The van der Waals surface area contributed by atoms with Crippen molar-refractivity contribution in [2.45, 2.75) is 33.7 Å². The molecule has 0 bridgehead atoms. The minimum Gasteiger partial charge on any atom is -0.497 e. The van der Waals surface area contributed by atoms with Gasteiger partial charge in [-0.2, -0.15) is 5.26 Å². The van der Waals surface area contributed by atoms with Gasteiger partial charge in [0.1, 0.15) is 29.7 Å². The van der Waals surface area contributed by atoms with E-state index in [-0.39, 0.29) is 5.57 Å². The second-order valence-corrected chi connectivity index (χ2v) is 6.43. The highest BCUT2D eigenvalue weighted by Gasteiger charge is 2.12. The molecule has 0 unspecified atom stereocenters. The quantitative estimate of drug-likeness (QED) is 0.409. The summed E-state index contributed by atoms with van der Waals surface area (Å²) in [7, 11) is 1.60. The predicted octanol–water partition coefficient (Wildman–Crippen LogP) is 3.63. The van der Waals surface area contributed by atoms with Crippen LogP contribution in [-0.2, 0) is 11.3 Å². The molecule has 0 saturated heterocycles. The minimum atomic E-state index is -0.402. The van der Waals surface area contributed by atoms with E-state index < -0.39 is 5.91 Å². The van der Waals surface area contributed by atoms with E-state index in [4.69, 9.17) is 9.47 Å². The summed E-state index contributed by atoms with van der Waals surface area (Å²) in [5, 5.41) is 12.1. The molecule has 0 spiro atoms. The molecule has 2 aromatic rings.